The number of benzene rings is 1. The maximum absolute atomic E-state index is 12.9. The van der Waals surface area contributed by atoms with E-state index in [0.29, 0.717) is 43.1 Å². The highest BCUT2D eigenvalue weighted by molar-refractivity contribution is 7.92. The Morgan fingerprint density at radius 3 is 2.42 bits per heavy atom. The van der Waals surface area contributed by atoms with Crippen molar-refractivity contribution in [2.45, 2.75) is 31.6 Å². The molecule has 0 bridgehead atoms. The molecule has 0 radical (unpaired) electrons. The highest BCUT2D eigenvalue weighted by atomic mass is 32.2. The molecule has 1 aliphatic rings. The normalized spacial score (nSPS) is 14.3. The van der Waals surface area contributed by atoms with E-state index in [4.69, 9.17) is 0 Å². The van der Waals surface area contributed by atoms with Gasteiger partial charge in [-0.2, -0.15) is 0 Å². The van der Waals surface area contributed by atoms with E-state index in [1.807, 2.05) is 16.8 Å². The van der Waals surface area contributed by atoms with Crippen LogP contribution in [0.1, 0.15) is 24.4 Å². The molecule has 38 heavy (non-hydrogen) atoms. The van der Waals surface area contributed by atoms with Crippen molar-refractivity contribution < 1.29 is 13.2 Å². The number of hydrogen-bond donors (Lipinski definition) is 2. The number of sulfonamides is 1. The van der Waals surface area contributed by atoms with Gasteiger partial charge in [0.15, 0.2) is 0 Å². The van der Waals surface area contributed by atoms with Crippen molar-refractivity contribution >= 4 is 33.3 Å². The largest absolute Gasteiger partial charge is 0.356 e. The molecule has 1 saturated heterocycles. The third-order valence-electron chi connectivity index (χ3n) is 6.23. The summed E-state index contributed by atoms with van der Waals surface area (Å²) in [6, 6.07) is 9.53. The van der Waals surface area contributed by atoms with Gasteiger partial charge < -0.3 is 10.2 Å². The number of anilines is 3. The minimum absolute atomic E-state index is 0.0673. The lowest BCUT2D eigenvalue weighted by atomic mass is 9.96. The molecule has 4 heterocycles. The van der Waals surface area contributed by atoms with Crippen LogP contribution in [0.25, 0.3) is 5.82 Å². The Balaban J connectivity index is 1.17. The number of nitrogens with zero attached hydrogens (tertiary/aromatic N) is 7. The van der Waals surface area contributed by atoms with Gasteiger partial charge in [-0.05, 0) is 51.0 Å². The fourth-order valence-corrected chi connectivity index (χ4v) is 5.34. The van der Waals surface area contributed by atoms with Gasteiger partial charge in [0.1, 0.15) is 35.9 Å². The number of hydrogen-bond acceptors (Lipinski definition) is 9. The van der Waals surface area contributed by atoms with Crippen molar-refractivity contribution in [2.75, 3.05) is 28.0 Å². The summed E-state index contributed by atoms with van der Waals surface area (Å²) in [6.07, 6.45) is 8.06. The number of piperidine rings is 1. The van der Waals surface area contributed by atoms with Gasteiger partial charge >= 0.3 is 0 Å². The smallest absolute Gasteiger partial charge is 0.263 e. The van der Waals surface area contributed by atoms with Crippen LogP contribution in [0.5, 0.6) is 0 Å². The topological polar surface area (TPSA) is 148 Å². The van der Waals surface area contributed by atoms with E-state index >= 15 is 0 Å². The lowest BCUT2D eigenvalue weighted by Crippen LogP contribution is -2.38. The van der Waals surface area contributed by atoms with Crippen molar-refractivity contribution in [3.05, 3.63) is 73.0 Å². The van der Waals surface area contributed by atoms with E-state index in [9.17, 15) is 13.2 Å². The van der Waals surface area contributed by atoms with Crippen LogP contribution in [0.4, 0.5) is 17.3 Å². The quantitative estimate of drug-likeness (QED) is 0.366. The zero-order valence-corrected chi connectivity index (χ0v) is 21.8. The van der Waals surface area contributed by atoms with Crippen molar-refractivity contribution in [2.24, 2.45) is 5.92 Å². The number of aromatic nitrogens is 6. The zero-order chi connectivity index (χ0) is 26.7. The summed E-state index contributed by atoms with van der Waals surface area (Å²) in [6.45, 7) is 4.83. The molecule has 0 spiro atoms. The first kappa shape index (κ1) is 25.3. The fourth-order valence-electron chi connectivity index (χ4n) is 4.34. The molecule has 2 N–H and O–H groups in total. The molecule has 1 amide bonds. The lowest BCUT2D eigenvalue weighted by molar-refractivity contribution is -0.120. The van der Waals surface area contributed by atoms with Crippen LogP contribution in [0, 0.1) is 19.8 Å². The number of carbonyl (C=O) groups excluding carboxylic acids is 1. The van der Waals surface area contributed by atoms with Crippen LogP contribution in [-0.2, 0) is 14.8 Å². The van der Waals surface area contributed by atoms with Crippen molar-refractivity contribution in [3.8, 4) is 5.82 Å². The Hall–Kier alpha value is -4.39. The lowest BCUT2D eigenvalue weighted by Gasteiger charge is -2.32. The van der Waals surface area contributed by atoms with Gasteiger partial charge in [0.2, 0.25) is 5.91 Å². The monoisotopic (exact) mass is 533 g/mol. The minimum Gasteiger partial charge on any atom is -0.356 e. The van der Waals surface area contributed by atoms with Gasteiger partial charge in [-0.15, -0.1) is 0 Å². The second-order valence-corrected chi connectivity index (χ2v) is 10.7. The molecule has 13 heteroatoms. The number of rotatable bonds is 7. The Bertz CT molecular complexity index is 1510. The Morgan fingerprint density at radius 2 is 1.74 bits per heavy atom. The predicted octanol–water partition coefficient (Wildman–Crippen LogP) is 2.73. The molecular formula is C25H27N9O3S. The van der Waals surface area contributed by atoms with E-state index in [1.54, 1.807) is 44.6 Å². The van der Waals surface area contributed by atoms with E-state index in [2.05, 4.69) is 39.9 Å². The molecule has 12 nitrogen and oxygen atoms in total. The number of aryl methyl sites for hydroxylation is 2. The first-order chi connectivity index (χ1) is 18.3. The van der Waals surface area contributed by atoms with E-state index in [0.717, 1.165) is 11.6 Å². The van der Waals surface area contributed by atoms with Crippen LogP contribution in [0.15, 0.2) is 66.3 Å². The van der Waals surface area contributed by atoms with Gasteiger partial charge in [0.25, 0.3) is 10.0 Å². The summed E-state index contributed by atoms with van der Waals surface area (Å²) in [5.41, 5.74) is 1.20. The molecule has 1 aliphatic heterocycles. The van der Waals surface area contributed by atoms with Gasteiger partial charge in [-0.3, -0.25) is 14.1 Å². The first-order valence-electron chi connectivity index (χ1n) is 12.1. The van der Waals surface area contributed by atoms with Crippen LogP contribution in [0.3, 0.4) is 0 Å². The van der Waals surface area contributed by atoms with Crippen molar-refractivity contribution in [1.29, 1.82) is 0 Å². The number of amides is 1. The van der Waals surface area contributed by atoms with Gasteiger partial charge in [-0.25, -0.2) is 33.3 Å². The molecule has 4 aromatic rings. The molecular weight excluding hydrogens is 506 g/mol. The molecule has 5 rings (SSSR count). The van der Waals surface area contributed by atoms with Crippen LogP contribution in [0.2, 0.25) is 0 Å². The minimum atomic E-state index is -3.84. The summed E-state index contributed by atoms with van der Waals surface area (Å²) in [7, 11) is -3.84. The zero-order valence-electron chi connectivity index (χ0n) is 20.9. The Morgan fingerprint density at radius 1 is 1.00 bits per heavy atom. The predicted molar refractivity (Wildman–Crippen MR) is 141 cm³/mol. The molecule has 0 unspecified atom stereocenters. The molecule has 0 atom stereocenters. The fraction of sp³-hybridized carbons (Fsp3) is 0.280. The van der Waals surface area contributed by atoms with Crippen LogP contribution >= 0.6 is 0 Å². The number of imidazole rings is 1. The van der Waals surface area contributed by atoms with Crippen LogP contribution < -0.4 is 14.9 Å². The van der Waals surface area contributed by atoms with Gasteiger partial charge in [0, 0.05) is 54.9 Å². The summed E-state index contributed by atoms with van der Waals surface area (Å²) < 4.78 is 29.8. The maximum atomic E-state index is 12.9. The van der Waals surface area contributed by atoms with Crippen molar-refractivity contribution in [3.63, 3.8) is 0 Å². The summed E-state index contributed by atoms with van der Waals surface area (Å²) >= 11 is 0. The number of carbonyl (C=O) groups is 1. The average molecular weight is 534 g/mol. The molecule has 1 aromatic carbocycles. The van der Waals surface area contributed by atoms with Gasteiger partial charge in [0.05, 0.1) is 4.90 Å². The SMILES string of the molecule is Cc1cc(NS(=O)(=O)c2ccc(NC(=O)C3CCN(c4cc(-n5ccnc5)ncn4)CC3)cc2)nc(C)n1. The second-order valence-electron chi connectivity index (χ2n) is 9.03. The van der Waals surface area contributed by atoms with E-state index < -0.39 is 10.0 Å². The highest BCUT2D eigenvalue weighted by Gasteiger charge is 2.26. The average Bonchev–Trinajstić information content (AvgIpc) is 3.44. The van der Waals surface area contributed by atoms with E-state index in [-0.39, 0.29) is 22.5 Å². The first-order valence-corrected chi connectivity index (χ1v) is 13.6. The molecule has 1 fully saturated rings. The maximum Gasteiger partial charge on any atom is 0.263 e. The van der Waals surface area contributed by atoms with Crippen LogP contribution in [-0.4, -0.2) is 56.9 Å². The molecule has 0 aliphatic carbocycles. The van der Waals surface area contributed by atoms with Crippen molar-refractivity contribution in [1.82, 2.24) is 29.5 Å². The van der Waals surface area contributed by atoms with Gasteiger partial charge in [-0.1, -0.05) is 0 Å². The van der Waals surface area contributed by atoms with E-state index in [1.165, 1.54) is 18.5 Å². The molecule has 0 saturated carbocycles. The summed E-state index contributed by atoms with van der Waals surface area (Å²) in [5, 5.41) is 2.91. The third-order valence-corrected chi connectivity index (χ3v) is 7.60. The Labute approximate surface area is 220 Å². The molecule has 3 aromatic heterocycles. The summed E-state index contributed by atoms with van der Waals surface area (Å²) in [4.78, 5) is 36.1. The Kier molecular flexibility index (Phi) is 7.01. The molecule has 196 valence electrons. The second kappa shape index (κ2) is 10.5. The standard InChI is InChI=1S/C25H27N9O3S/c1-17-13-22(30-18(2)29-17)32-38(36,37)21-5-3-20(4-6-21)31-25(35)19-7-10-33(11-8-19)23-14-24(28-15-27-23)34-12-9-26-16-34/h3-6,9,12-16,19H,7-8,10-11H2,1-2H3,(H,31,35)(H,29,30,32). The number of nitrogens with one attached hydrogen (secondary N) is 2. The summed E-state index contributed by atoms with van der Waals surface area (Å²) in [5.74, 6) is 1.97. The third kappa shape index (κ3) is 5.78. The highest BCUT2D eigenvalue weighted by Crippen LogP contribution is 2.25.